The van der Waals surface area contributed by atoms with Crippen molar-refractivity contribution in [3.05, 3.63) is 52.7 Å². The average Bonchev–Trinajstić information content (AvgIpc) is 3.08. The van der Waals surface area contributed by atoms with E-state index >= 15 is 0 Å². The van der Waals surface area contributed by atoms with Crippen molar-refractivity contribution >= 4 is 16.9 Å². The number of unbranched alkanes of at least 4 members (excludes halogenated alkanes) is 1. The summed E-state index contributed by atoms with van der Waals surface area (Å²) in [6, 6.07) is 4.58. The molecule has 1 aromatic carbocycles. The maximum atomic E-state index is 12.9. The van der Waals surface area contributed by atoms with E-state index in [1.165, 1.54) is 24.7 Å². The largest absolute Gasteiger partial charge is 0.416 e. The Morgan fingerprint density at radius 3 is 2.79 bits per heavy atom. The molecule has 0 fully saturated rings. The molecule has 10 heteroatoms. The molecule has 0 saturated heterocycles. The Labute approximate surface area is 157 Å². The summed E-state index contributed by atoms with van der Waals surface area (Å²) in [5.41, 5.74) is -1.07. The molecule has 1 N–H and O–H groups in total. The molecule has 7 nitrogen and oxygen atoms in total. The van der Waals surface area contributed by atoms with Crippen LogP contribution in [0.5, 0.6) is 0 Å². The first-order valence-electron chi connectivity index (χ1n) is 8.68. The Balaban J connectivity index is 1.92. The van der Waals surface area contributed by atoms with Crippen molar-refractivity contribution in [1.82, 2.24) is 24.6 Å². The van der Waals surface area contributed by atoms with Crippen molar-refractivity contribution in [2.24, 2.45) is 0 Å². The number of amides is 1. The second-order valence-corrected chi connectivity index (χ2v) is 6.22. The first kappa shape index (κ1) is 19.6. The quantitative estimate of drug-likeness (QED) is 0.653. The van der Waals surface area contributed by atoms with Gasteiger partial charge in [0.1, 0.15) is 18.3 Å². The number of fused-ring (bicyclic) bond motifs is 1. The first-order chi connectivity index (χ1) is 13.3. The molecule has 2 heterocycles. The zero-order chi connectivity index (χ0) is 20.3. The van der Waals surface area contributed by atoms with E-state index in [4.69, 9.17) is 0 Å². The Hall–Kier alpha value is -3.17. The third-order valence-corrected chi connectivity index (χ3v) is 4.14. The second kappa shape index (κ2) is 7.83. The molecule has 0 aliphatic heterocycles. The summed E-state index contributed by atoms with van der Waals surface area (Å²) >= 11 is 0. The fourth-order valence-corrected chi connectivity index (χ4v) is 2.68. The fourth-order valence-electron chi connectivity index (χ4n) is 2.68. The van der Waals surface area contributed by atoms with Gasteiger partial charge in [-0.2, -0.15) is 18.3 Å². The van der Waals surface area contributed by atoms with Crippen molar-refractivity contribution < 1.29 is 18.0 Å². The lowest BCUT2D eigenvalue weighted by atomic mass is 10.2. The molecule has 0 aliphatic rings. The summed E-state index contributed by atoms with van der Waals surface area (Å²) in [5, 5.41) is 6.82. The molecule has 0 atom stereocenters. The summed E-state index contributed by atoms with van der Waals surface area (Å²) in [6.07, 6.45) is -0.305. The van der Waals surface area contributed by atoms with Gasteiger partial charge in [0.15, 0.2) is 5.65 Å². The topological polar surface area (TPSA) is 81.8 Å². The number of carbonyl (C=O) groups is 1. The Kier molecular flexibility index (Phi) is 5.48. The van der Waals surface area contributed by atoms with Crippen LogP contribution in [0.2, 0.25) is 0 Å². The number of aromatic nitrogens is 4. The van der Waals surface area contributed by atoms with Crippen LogP contribution in [0.1, 0.15) is 25.3 Å². The minimum absolute atomic E-state index is 0.112. The number of nitrogens with zero attached hydrogens (tertiary/aromatic N) is 4. The molecular formula is C18H18F3N5O2. The molecule has 1 amide bonds. The molecule has 0 radical (unpaired) electrons. The molecule has 0 aliphatic carbocycles. The number of benzene rings is 1. The van der Waals surface area contributed by atoms with Crippen LogP contribution in [0.4, 0.5) is 13.2 Å². The predicted molar refractivity (Wildman–Crippen MR) is 96.0 cm³/mol. The standard InChI is InChI=1S/C18H18F3N5O2/c1-2-3-7-22-15(27)10-25-11-23-16-14(17(25)28)9-24-26(16)13-6-4-5-12(8-13)18(19,20)21/h4-6,8-9,11H,2-3,7,10H2,1H3,(H,22,27). The van der Waals surface area contributed by atoms with Crippen molar-refractivity contribution in [3.63, 3.8) is 0 Å². The molecule has 3 aromatic rings. The van der Waals surface area contributed by atoms with Crippen LogP contribution in [0, 0.1) is 0 Å². The van der Waals surface area contributed by atoms with Gasteiger partial charge in [0, 0.05) is 6.54 Å². The molecule has 0 saturated carbocycles. The number of rotatable bonds is 6. The molecular weight excluding hydrogens is 375 g/mol. The number of halogens is 3. The van der Waals surface area contributed by atoms with Crippen LogP contribution in [-0.2, 0) is 17.5 Å². The summed E-state index contributed by atoms with van der Waals surface area (Å²) in [4.78, 5) is 28.6. The van der Waals surface area contributed by atoms with Gasteiger partial charge in [-0.25, -0.2) is 9.67 Å². The van der Waals surface area contributed by atoms with Crippen molar-refractivity contribution in [2.75, 3.05) is 6.54 Å². The van der Waals surface area contributed by atoms with E-state index in [0.29, 0.717) is 6.54 Å². The van der Waals surface area contributed by atoms with Crippen molar-refractivity contribution in [3.8, 4) is 5.69 Å². The van der Waals surface area contributed by atoms with Crippen LogP contribution in [0.15, 0.2) is 41.6 Å². The third-order valence-electron chi connectivity index (χ3n) is 4.14. The Bertz CT molecular complexity index is 1060. The molecule has 3 rings (SSSR count). The van der Waals surface area contributed by atoms with E-state index in [2.05, 4.69) is 15.4 Å². The molecule has 0 bridgehead atoms. The van der Waals surface area contributed by atoms with Gasteiger partial charge in [0.25, 0.3) is 5.56 Å². The van der Waals surface area contributed by atoms with Gasteiger partial charge in [-0.15, -0.1) is 0 Å². The zero-order valence-electron chi connectivity index (χ0n) is 15.0. The SMILES string of the molecule is CCCCNC(=O)Cn1cnc2c(cnn2-c2cccc(C(F)(F)F)c2)c1=O. The van der Waals surface area contributed by atoms with Crippen molar-refractivity contribution in [2.45, 2.75) is 32.5 Å². The summed E-state index contributed by atoms with van der Waals surface area (Å²) in [6.45, 7) is 2.32. The van der Waals surface area contributed by atoms with Crippen LogP contribution >= 0.6 is 0 Å². The highest BCUT2D eigenvalue weighted by Gasteiger charge is 2.30. The van der Waals surface area contributed by atoms with Gasteiger partial charge in [0.2, 0.25) is 5.91 Å². The summed E-state index contributed by atoms with van der Waals surface area (Å²) < 4.78 is 41.1. The highest BCUT2D eigenvalue weighted by molar-refractivity contribution is 5.77. The van der Waals surface area contributed by atoms with E-state index in [0.717, 1.165) is 34.2 Å². The van der Waals surface area contributed by atoms with E-state index in [1.807, 2.05) is 6.92 Å². The van der Waals surface area contributed by atoms with Gasteiger partial charge in [0.05, 0.1) is 17.4 Å². The van der Waals surface area contributed by atoms with E-state index < -0.39 is 17.3 Å². The molecule has 148 valence electrons. The van der Waals surface area contributed by atoms with E-state index in [9.17, 15) is 22.8 Å². The number of hydrogen-bond donors (Lipinski definition) is 1. The van der Waals surface area contributed by atoms with Crippen LogP contribution in [0.3, 0.4) is 0 Å². The average molecular weight is 393 g/mol. The maximum Gasteiger partial charge on any atom is 0.416 e. The van der Waals surface area contributed by atoms with Gasteiger partial charge >= 0.3 is 6.18 Å². The van der Waals surface area contributed by atoms with Gasteiger partial charge < -0.3 is 5.32 Å². The van der Waals surface area contributed by atoms with Crippen molar-refractivity contribution in [1.29, 1.82) is 0 Å². The normalized spacial score (nSPS) is 11.7. The first-order valence-corrected chi connectivity index (χ1v) is 8.68. The highest BCUT2D eigenvalue weighted by Crippen LogP contribution is 2.30. The van der Waals surface area contributed by atoms with Crippen LogP contribution < -0.4 is 10.9 Å². The molecule has 28 heavy (non-hydrogen) atoms. The monoisotopic (exact) mass is 393 g/mol. The Morgan fingerprint density at radius 1 is 1.29 bits per heavy atom. The minimum Gasteiger partial charge on any atom is -0.355 e. The van der Waals surface area contributed by atoms with E-state index in [1.54, 1.807) is 0 Å². The molecule has 0 unspecified atom stereocenters. The predicted octanol–water partition coefficient (Wildman–Crippen LogP) is 2.52. The zero-order valence-corrected chi connectivity index (χ0v) is 15.0. The fraction of sp³-hybridized carbons (Fsp3) is 0.333. The van der Waals surface area contributed by atoms with Gasteiger partial charge in [-0.05, 0) is 24.6 Å². The van der Waals surface area contributed by atoms with Crippen LogP contribution in [-0.4, -0.2) is 31.8 Å². The molecule has 0 spiro atoms. The smallest absolute Gasteiger partial charge is 0.355 e. The maximum absolute atomic E-state index is 12.9. The van der Waals surface area contributed by atoms with E-state index in [-0.39, 0.29) is 29.2 Å². The lowest BCUT2D eigenvalue weighted by Gasteiger charge is -2.09. The van der Waals surface area contributed by atoms with Crippen LogP contribution in [0.25, 0.3) is 16.7 Å². The molecule has 2 aromatic heterocycles. The number of alkyl halides is 3. The number of nitrogens with one attached hydrogen (secondary N) is 1. The second-order valence-electron chi connectivity index (χ2n) is 6.22. The van der Waals surface area contributed by atoms with Gasteiger partial charge in [-0.3, -0.25) is 14.2 Å². The van der Waals surface area contributed by atoms with Gasteiger partial charge in [-0.1, -0.05) is 19.4 Å². The Morgan fingerprint density at radius 2 is 2.07 bits per heavy atom. The number of hydrogen-bond acceptors (Lipinski definition) is 4. The lowest BCUT2D eigenvalue weighted by molar-refractivity contribution is -0.137. The minimum atomic E-state index is -4.50. The third kappa shape index (κ3) is 4.05. The number of carbonyl (C=O) groups excluding carboxylic acids is 1. The summed E-state index contributed by atoms with van der Waals surface area (Å²) in [7, 11) is 0. The highest BCUT2D eigenvalue weighted by atomic mass is 19.4. The summed E-state index contributed by atoms with van der Waals surface area (Å²) in [5.74, 6) is -0.318. The lowest BCUT2D eigenvalue weighted by Crippen LogP contribution is -2.32.